The second-order valence-electron chi connectivity index (χ2n) is 6.66. The van der Waals surface area contributed by atoms with Crippen molar-refractivity contribution < 1.29 is 0 Å². The van der Waals surface area contributed by atoms with Crippen LogP contribution in [0.3, 0.4) is 0 Å². The van der Waals surface area contributed by atoms with E-state index in [4.69, 9.17) is 0 Å². The van der Waals surface area contributed by atoms with Crippen LogP contribution in [0.1, 0.15) is 105 Å². The van der Waals surface area contributed by atoms with Gasteiger partial charge in [-0.25, -0.2) is 0 Å². The molecule has 0 aromatic heterocycles. The lowest BCUT2D eigenvalue weighted by atomic mass is 9.78. The van der Waals surface area contributed by atoms with Crippen LogP contribution in [0.2, 0.25) is 0 Å². The lowest BCUT2D eigenvalue weighted by Gasteiger charge is -2.32. The van der Waals surface area contributed by atoms with Crippen molar-refractivity contribution in [1.29, 1.82) is 0 Å². The van der Waals surface area contributed by atoms with Gasteiger partial charge in [0.1, 0.15) is 0 Å². The van der Waals surface area contributed by atoms with Crippen LogP contribution in [0, 0.1) is 11.8 Å². The van der Waals surface area contributed by atoms with Gasteiger partial charge in [0.2, 0.25) is 0 Å². The first-order valence-corrected chi connectivity index (χ1v) is 10.1. The van der Waals surface area contributed by atoms with Crippen molar-refractivity contribution in [2.24, 2.45) is 11.8 Å². The SMILES string of the molecule is CCCCCCC(P)C(CCCC)C(CCC)CCC. The van der Waals surface area contributed by atoms with E-state index in [0.29, 0.717) is 0 Å². The molecule has 122 valence electrons. The predicted molar refractivity (Wildman–Crippen MR) is 98.6 cm³/mol. The highest BCUT2D eigenvalue weighted by Gasteiger charge is 2.25. The summed E-state index contributed by atoms with van der Waals surface area (Å²) in [6.45, 7) is 9.36. The minimum atomic E-state index is 0.863. The van der Waals surface area contributed by atoms with Crippen LogP contribution in [-0.2, 0) is 0 Å². The van der Waals surface area contributed by atoms with Gasteiger partial charge in [-0.2, -0.15) is 0 Å². The van der Waals surface area contributed by atoms with Crippen molar-refractivity contribution in [2.75, 3.05) is 0 Å². The maximum atomic E-state index is 3.22. The van der Waals surface area contributed by atoms with Gasteiger partial charge in [0.25, 0.3) is 0 Å². The zero-order valence-electron chi connectivity index (χ0n) is 14.8. The van der Waals surface area contributed by atoms with Crippen molar-refractivity contribution in [1.82, 2.24) is 0 Å². The standard InChI is InChI=1S/C19H41P/c1-5-9-11-12-16-19(20)18(15-10-6-2)17(13-7-3)14-8-4/h17-19H,5-16,20H2,1-4H3. The molecule has 0 aliphatic carbocycles. The van der Waals surface area contributed by atoms with E-state index in [2.05, 4.69) is 36.9 Å². The van der Waals surface area contributed by atoms with Crippen molar-refractivity contribution in [3.8, 4) is 0 Å². The summed E-state index contributed by atoms with van der Waals surface area (Å²) in [7, 11) is 3.22. The molecule has 0 fully saturated rings. The summed E-state index contributed by atoms with van der Waals surface area (Å²) in [5, 5.41) is 0. The molecule has 0 saturated carbocycles. The Morgan fingerprint density at radius 3 is 1.70 bits per heavy atom. The van der Waals surface area contributed by atoms with Crippen molar-refractivity contribution in [2.45, 2.75) is 110 Å². The maximum Gasteiger partial charge on any atom is -0.0233 e. The van der Waals surface area contributed by atoms with Crippen molar-refractivity contribution in [3.63, 3.8) is 0 Å². The molecule has 0 rings (SSSR count). The lowest BCUT2D eigenvalue weighted by Crippen LogP contribution is -2.24. The first kappa shape index (κ1) is 20.4. The van der Waals surface area contributed by atoms with E-state index in [1.54, 1.807) is 0 Å². The Hall–Kier alpha value is 0.430. The molecule has 0 spiro atoms. The van der Waals surface area contributed by atoms with Gasteiger partial charge in [0, 0.05) is 0 Å². The van der Waals surface area contributed by atoms with Gasteiger partial charge in [-0.1, -0.05) is 91.9 Å². The summed E-state index contributed by atoms with van der Waals surface area (Å²) in [5.41, 5.74) is 0.863. The highest BCUT2D eigenvalue weighted by atomic mass is 31.0. The second-order valence-corrected chi connectivity index (χ2v) is 7.51. The minimum Gasteiger partial charge on any atom is -0.134 e. The number of rotatable bonds is 14. The third kappa shape index (κ3) is 9.38. The van der Waals surface area contributed by atoms with E-state index in [1.807, 2.05) is 0 Å². The topological polar surface area (TPSA) is 0 Å². The molecule has 0 bridgehead atoms. The monoisotopic (exact) mass is 300 g/mol. The molecule has 1 heteroatoms. The molecule has 20 heavy (non-hydrogen) atoms. The van der Waals surface area contributed by atoms with Crippen molar-refractivity contribution in [3.05, 3.63) is 0 Å². The smallest absolute Gasteiger partial charge is 0.0233 e. The normalized spacial score (nSPS) is 14.7. The molecule has 0 radical (unpaired) electrons. The van der Waals surface area contributed by atoms with E-state index in [9.17, 15) is 0 Å². The number of hydrogen-bond acceptors (Lipinski definition) is 0. The molecular weight excluding hydrogens is 259 g/mol. The molecule has 0 aromatic rings. The molecule has 0 heterocycles. The Balaban J connectivity index is 4.39. The van der Waals surface area contributed by atoms with Crippen LogP contribution in [0.4, 0.5) is 0 Å². The Labute approximate surface area is 132 Å². The molecule has 3 unspecified atom stereocenters. The molecule has 0 aliphatic heterocycles. The Kier molecular flexibility index (Phi) is 14.7. The fraction of sp³-hybridized carbons (Fsp3) is 1.00. The Morgan fingerprint density at radius 2 is 1.20 bits per heavy atom. The van der Waals surface area contributed by atoms with Gasteiger partial charge in [-0.15, -0.1) is 9.24 Å². The van der Waals surface area contributed by atoms with Gasteiger partial charge in [-0.3, -0.25) is 0 Å². The Bertz CT molecular complexity index is 184. The molecule has 0 nitrogen and oxygen atoms in total. The fourth-order valence-corrected chi connectivity index (χ4v) is 4.32. The summed E-state index contributed by atoms with van der Waals surface area (Å²) in [6.07, 6.45) is 16.9. The van der Waals surface area contributed by atoms with E-state index >= 15 is 0 Å². The Morgan fingerprint density at radius 1 is 0.600 bits per heavy atom. The summed E-state index contributed by atoms with van der Waals surface area (Å²) in [4.78, 5) is 0. The van der Waals surface area contributed by atoms with E-state index < -0.39 is 0 Å². The quantitative estimate of drug-likeness (QED) is 0.234. The average molecular weight is 301 g/mol. The lowest BCUT2D eigenvalue weighted by molar-refractivity contribution is 0.254. The molecule has 3 atom stereocenters. The van der Waals surface area contributed by atoms with Crippen molar-refractivity contribution >= 4 is 9.24 Å². The largest absolute Gasteiger partial charge is 0.134 e. The fourth-order valence-electron chi connectivity index (χ4n) is 3.57. The highest BCUT2D eigenvalue weighted by molar-refractivity contribution is 7.17. The maximum absolute atomic E-state index is 3.22. The van der Waals surface area contributed by atoms with Crippen LogP contribution in [0.25, 0.3) is 0 Å². The second kappa shape index (κ2) is 14.4. The number of unbranched alkanes of at least 4 members (excludes halogenated alkanes) is 4. The van der Waals surface area contributed by atoms with Gasteiger partial charge in [0.15, 0.2) is 0 Å². The van der Waals surface area contributed by atoms with Gasteiger partial charge < -0.3 is 0 Å². The van der Waals surface area contributed by atoms with Crippen LogP contribution >= 0.6 is 9.24 Å². The minimum absolute atomic E-state index is 0.863. The van der Waals surface area contributed by atoms with Crippen LogP contribution in [-0.4, -0.2) is 5.66 Å². The summed E-state index contributed by atoms with van der Waals surface area (Å²) < 4.78 is 0. The molecule has 0 N–H and O–H groups in total. The van der Waals surface area contributed by atoms with E-state index in [0.717, 1.165) is 17.5 Å². The molecule has 0 amide bonds. The summed E-state index contributed by atoms with van der Waals surface area (Å²) >= 11 is 0. The third-order valence-corrected chi connectivity index (χ3v) is 5.58. The van der Waals surface area contributed by atoms with Gasteiger partial charge >= 0.3 is 0 Å². The van der Waals surface area contributed by atoms with E-state index in [1.165, 1.54) is 77.0 Å². The summed E-state index contributed by atoms with van der Waals surface area (Å²) in [5.74, 6) is 1.94. The highest BCUT2D eigenvalue weighted by Crippen LogP contribution is 2.35. The zero-order chi connectivity index (χ0) is 15.2. The summed E-state index contributed by atoms with van der Waals surface area (Å²) in [6, 6.07) is 0. The van der Waals surface area contributed by atoms with Crippen LogP contribution in [0.5, 0.6) is 0 Å². The van der Waals surface area contributed by atoms with Crippen LogP contribution in [0.15, 0.2) is 0 Å². The number of hydrogen-bond donors (Lipinski definition) is 0. The molecular formula is C19H41P. The molecule has 0 aliphatic rings. The average Bonchev–Trinajstić information content (AvgIpc) is 2.44. The van der Waals surface area contributed by atoms with Crippen LogP contribution < -0.4 is 0 Å². The van der Waals surface area contributed by atoms with Gasteiger partial charge in [-0.05, 0) is 30.3 Å². The first-order chi connectivity index (χ1) is 9.71. The zero-order valence-corrected chi connectivity index (χ0v) is 15.9. The van der Waals surface area contributed by atoms with Gasteiger partial charge in [0.05, 0.1) is 0 Å². The third-order valence-electron chi connectivity index (χ3n) is 4.76. The molecule has 0 aromatic carbocycles. The first-order valence-electron chi connectivity index (χ1n) is 9.46. The predicted octanol–water partition coefficient (Wildman–Crippen LogP) is 7.22. The molecule has 0 saturated heterocycles. The van der Waals surface area contributed by atoms with E-state index in [-0.39, 0.29) is 0 Å².